The van der Waals surface area contributed by atoms with Crippen molar-refractivity contribution in [3.05, 3.63) is 51.2 Å². The largest absolute Gasteiger partial charge is 0.310 e. The molecule has 0 aliphatic heterocycles. The highest BCUT2D eigenvalue weighted by atomic mass is 79.9. The van der Waals surface area contributed by atoms with E-state index in [1.165, 1.54) is 18.4 Å². The Kier molecular flexibility index (Phi) is 3.91. The van der Waals surface area contributed by atoms with Gasteiger partial charge in [0, 0.05) is 33.8 Å². The van der Waals surface area contributed by atoms with E-state index in [1.807, 2.05) is 29.1 Å². The first kappa shape index (κ1) is 13.2. The van der Waals surface area contributed by atoms with Crippen molar-refractivity contribution in [3.8, 4) is 0 Å². The van der Waals surface area contributed by atoms with Crippen molar-refractivity contribution in [2.75, 3.05) is 0 Å². The summed E-state index contributed by atoms with van der Waals surface area (Å²) in [4.78, 5) is 0. The molecule has 3 nitrogen and oxygen atoms in total. The number of hydrogen-bond acceptors (Lipinski definition) is 2. The van der Waals surface area contributed by atoms with Crippen LogP contribution in [0.3, 0.4) is 0 Å². The molecule has 1 N–H and O–H groups in total. The number of nitrogens with zero attached hydrogens (tertiary/aromatic N) is 2. The summed E-state index contributed by atoms with van der Waals surface area (Å²) in [6, 6.07) is 6.66. The van der Waals surface area contributed by atoms with Crippen LogP contribution in [-0.4, -0.2) is 15.8 Å². The van der Waals surface area contributed by atoms with Gasteiger partial charge in [-0.2, -0.15) is 5.10 Å². The van der Waals surface area contributed by atoms with Crippen LogP contribution in [0.15, 0.2) is 35.1 Å². The van der Waals surface area contributed by atoms with Gasteiger partial charge in [0.2, 0.25) is 0 Å². The molecule has 2 aromatic rings. The van der Waals surface area contributed by atoms with Crippen molar-refractivity contribution >= 4 is 27.5 Å². The summed E-state index contributed by atoms with van der Waals surface area (Å²) in [6.07, 6.45) is 6.61. The van der Waals surface area contributed by atoms with Gasteiger partial charge in [-0.15, -0.1) is 0 Å². The number of rotatable bonds is 5. The lowest BCUT2D eigenvalue weighted by Gasteiger charge is -2.05. The van der Waals surface area contributed by atoms with Crippen molar-refractivity contribution < 1.29 is 0 Å². The number of benzene rings is 1. The minimum absolute atomic E-state index is 0.704. The molecule has 1 aliphatic carbocycles. The molecule has 0 bridgehead atoms. The highest BCUT2D eigenvalue weighted by Crippen LogP contribution is 2.22. The standard InChI is InChI=1S/C14H15BrClN3/c15-12-2-1-11(14(16)5-12)9-19-8-10(7-18-19)6-17-13-3-4-13/h1-2,5,7-8,13,17H,3-4,6,9H2. The van der Waals surface area contributed by atoms with E-state index in [2.05, 4.69) is 32.5 Å². The maximum Gasteiger partial charge on any atom is 0.0674 e. The topological polar surface area (TPSA) is 29.9 Å². The molecule has 1 fully saturated rings. The van der Waals surface area contributed by atoms with Crippen LogP contribution in [0.2, 0.25) is 5.02 Å². The first-order valence-corrected chi connectivity index (χ1v) is 7.56. The first-order chi connectivity index (χ1) is 9.20. The van der Waals surface area contributed by atoms with Gasteiger partial charge in [-0.05, 0) is 30.5 Å². The third kappa shape index (κ3) is 3.59. The van der Waals surface area contributed by atoms with Gasteiger partial charge in [-0.25, -0.2) is 0 Å². The molecular weight excluding hydrogens is 326 g/mol. The lowest BCUT2D eigenvalue weighted by atomic mass is 10.2. The van der Waals surface area contributed by atoms with Crippen LogP contribution in [0.25, 0.3) is 0 Å². The second kappa shape index (κ2) is 5.65. The van der Waals surface area contributed by atoms with Crippen molar-refractivity contribution in [3.63, 3.8) is 0 Å². The van der Waals surface area contributed by atoms with Gasteiger partial charge in [0.25, 0.3) is 0 Å². The van der Waals surface area contributed by atoms with Gasteiger partial charge >= 0.3 is 0 Å². The molecule has 1 aliphatic rings. The molecule has 0 unspecified atom stereocenters. The molecule has 0 amide bonds. The number of nitrogens with one attached hydrogen (secondary N) is 1. The molecule has 1 aromatic heterocycles. The Balaban J connectivity index is 1.65. The zero-order chi connectivity index (χ0) is 13.2. The Morgan fingerprint density at radius 3 is 3.00 bits per heavy atom. The molecular formula is C14H15BrClN3. The lowest BCUT2D eigenvalue weighted by Crippen LogP contribution is -2.14. The molecule has 1 saturated carbocycles. The molecule has 0 atom stereocenters. The SMILES string of the molecule is Clc1cc(Br)ccc1Cn1cc(CNC2CC2)cn1. The van der Waals surface area contributed by atoms with E-state index in [0.717, 1.165) is 27.6 Å². The third-order valence-corrected chi connectivity index (χ3v) is 4.05. The van der Waals surface area contributed by atoms with Crippen molar-refractivity contribution in [2.45, 2.75) is 32.0 Å². The lowest BCUT2D eigenvalue weighted by molar-refractivity contribution is 0.675. The smallest absolute Gasteiger partial charge is 0.0674 e. The van der Waals surface area contributed by atoms with Crippen LogP contribution in [-0.2, 0) is 13.1 Å². The maximum atomic E-state index is 6.21. The van der Waals surface area contributed by atoms with Gasteiger partial charge in [-0.3, -0.25) is 4.68 Å². The van der Waals surface area contributed by atoms with Crippen molar-refractivity contribution in [2.24, 2.45) is 0 Å². The molecule has 0 radical (unpaired) electrons. The highest BCUT2D eigenvalue weighted by molar-refractivity contribution is 9.10. The summed E-state index contributed by atoms with van der Waals surface area (Å²) in [5, 5.41) is 8.63. The molecule has 3 rings (SSSR count). The van der Waals surface area contributed by atoms with E-state index in [1.54, 1.807) is 0 Å². The Hall–Kier alpha value is -0.840. The van der Waals surface area contributed by atoms with Gasteiger partial charge in [-0.1, -0.05) is 33.6 Å². The third-order valence-electron chi connectivity index (χ3n) is 3.21. The van der Waals surface area contributed by atoms with Gasteiger partial charge in [0.15, 0.2) is 0 Å². The van der Waals surface area contributed by atoms with Crippen molar-refractivity contribution in [1.29, 1.82) is 0 Å². The fourth-order valence-corrected chi connectivity index (χ4v) is 2.69. The quantitative estimate of drug-likeness (QED) is 0.901. The normalized spacial score (nSPS) is 14.8. The Bertz CT molecular complexity index is 578. The number of aromatic nitrogens is 2. The first-order valence-electron chi connectivity index (χ1n) is 6.39. The summed E-state index contributed by atoms with van der Waals surface area (Å²) in [5.41, 5.74) is 2.30. The van der Waals surface area contributed by atoms with Gasteiger partial charge < -0.3 is 5.32 Å². The Morgan fingerprint density at radius 1 is 1.42 bits per heavy atom. The van der Waals surface area contributed by atoms with Crippen LogP contribution in [0, 0.1) is 0 Å². The van der Waals surface area contributed by atoms with E-state index in [0.29, 0.717) is 6.54 Å². The van der Waals surface area contributed by atoms with Crippen LogP contribution >= 0.6 is 27.5 Å². The summed E-state index contributed by atoms with van der Waals surface area (Å²) < 4.78 is 2.93. The monoisotopic (exact) mass is 339 g/mol. The summed E-state index contributed by atoms with van der Waals surface area (Å²) >= 11 is 9.62. The van der Waals surface area contributed by atoms with E-state index < -0.39 is 0 Å². The average Bonchev–Trinajstić information content (AvgIpc) is 3.10. The molecule has 19 heavy (non-hydrogen) atoms. The van der Waals surface area contributed by atoms with Gasteiger partial charge in [0.1, 0.15) is 0 Å². The number of halogens is 2. The van der Waals surface area contributed by atoms with E-state index in [4.69, 9.17) is 11.6 Å². The van der Waals surface area contributed by atoms with Crippen LogP contribution < -0.4 is 5.32 Å². The number of hydrogen-bond donors (Lipinski definition) is 1. The van der Waals surface area contributed by atoms with E-state index in [-0.39, 0.29) is 0 Å². The average molecular weight is 341 g/mol. The van der Waals surface area contributed by atoms with Crippen LogP contribution in [0.5, 0.6) is 0 Å². The second-order valence-electron chi connectivity index (χ2n) is 4.94. The molecule has 1 aromatic carbocycles. The Morgan fingerprint density at radius 2 is 2.26 bits per heavy atom. The van der Waals surface area contributed by atoms with E-state index in [9.17, 15) is 0 Å². The predicted molar refractivity (Wildman–Crippen MR) is 80.3 cm³/mol. The fourth-order valence-electron chi connectivity index (χ4n) is 1.96. The molecule has 0 saturated heterocycles. The summed E-state index contributed by atoms with van der Waals surface area (Å²) in [6.45, 7) is 1.61. The zero-order valence-corrected chi connectivity index (χ0v) is 12.8. The fraction of sp³-hybridized carbons (Fsp3) is 0.357. The van der Waals surface area contributed by atoms with E-state index >= 15 is 0 Å². The molecule has 1 heterocycles. The van der Waals surface area contributed by atoms with Crippen molar-refractivity contribution in [1.82, 2.24) is 15.1 Å². The Labute approximate surface area is 126 Å². The summed E-state index contributed by atoms with van der Waals surface area (Å²) in [5.74, 6) is 0. The van der Waals surface area contributed by atoms with Gasteiger partial charge in [0.05, 0.1) is 12.7 Å². The maximum absolute atomic E-state index is 6.21. The summed E-state index contributed by atoms with van der Waals surface area (Å²) in [7, 11) is 0. The zero-order valence-electron chi connectivity index (χ0n) is 10.4. The van der Waals surface area contributed by atoms with Crippen LogP contribution in [0.1, 0.15) is 24.0 Å². The molecule has 5 heteroatoms. The highest BCUT2D eigenvalue weighted by Gasteiger charge is 2.20. The minimum Gasteiger partial charge on any atom is -0.310 e. The second-order valence-corrected chi connectivity index (χ2v) is 6.26. The molecule has 100 valence electrons. The predicted octanol–water partition coefficient (Wildman–Crippen LogP) is 3.60. The van der Waals surface area contributed by atoms with Crippen LogP contribution in [0.4, 0.5) is 0 Å². The minimum atomic E-state index is 0.704. The molecule has 0 spiro atoms.